The normalized spacial score (nSPS) is 22.2. The Morgan fingerprint density at radius 3 is 2.47 bits per heavy atom. The highest BCUT2D eigenvalue weighted by atomic mass is 19.4. The smallest absolute Gasteiger partial charge is 0.307 e. The van der Waals surface area contributed by atoms with Crippen molar-refractivity contribution in [1.29, 1.82) is 0 Å². The number of halogens is 3. The van der Waals surface area contributed by atoms with Crippen molar-refractivity contribution in [3.8, 4) is 0 Å². The predicted octanol–water partition coefficient (Wildman–Crippen LogP) is 2.01. The van der Waals surface area contributed by atoms with Crippen LogP contribution in [-0.4, -0.2) is 42.8 Å². The van der Waals surface area contributed by atoms with Crippen molar-refractivity contribution in [1.82, 2.24) is 10.2 Å². The first-order valence-corrected chi connectivity index (χ1v) is 5.34. The first-order chi connectivity index (χ1) is 6.81. The van der Waals surface area contributed by atoms with Gasteiger partial charge >= 0.3 is 6.18 Å². The van der Waals surface area contributed by atoms with E-state index in [-0.39, 0.29) is 5.54 Å². The van der Waals surface area contributed by atoms with E-state index in [0.29, 0.717) is 13.1 Å². The molecule has 0 spiro atoms. The summed E-state index contributed by atoms with van der Waals surface area (Å²) in [5, 5.41) is 2.42. The van der Waals surface area contributed by atoms with Gasteiger partial charge in [-0.25, -0.2) is 0 Å². The lowest BCUT2D eigenvalue weighted by molar-refractivity contribution is -0.124. The van der Waals surface area contributed by atoms with E-state index in [9.17, 15) is 13.2 Å². The van der Waals surface area contributed by atoms with Crippen molar-refractivity contribution in [2.24, 2.45) is 0 Å². The Bertz CT molecular complexity index is 201. The van der Waals surface area contributed by atoms with Crippen molar-refractivity contribution >= 4 is 0 Å². The third kappa shape index (κ3) is 4.38. The molecule has 1 heterocycles. The van der Waals surface area contributed by atoms with Crippen molar-refractivity contribution < 1.29 is 13.2 Å². The highest BCUT2D eigenvalue weighted by molar-refractivity contribution is 4.87. The SMILES string of the molecule is CC1(C)CCCN1CCNCC(F)(F)F. The van der Waals surface area contributed by atoms with Crippen molar-refractivity contribution in [3.63, 3.8) is 0 Å². The molecule has 0 aromatic carbocycles. The summed E-state index contributed by atoms with van der Waals surface area (Å²) in [6.45, 7) is 5.50. The van der Waals surface area contributed by atoms with E-state index in [0.717, 1.165) is 19.4 Å². The van der Waals surface area contributed by atoms with Crippen LogP contribution in [0.25, 0.3) is 0 Å². The zero-order chi connectivity index (χ0) is 11.5. The molecular formula is C10H19F3N2. The van der Waals surface area contributed by atoms with Gasteiger partial charge in [-0.1, -0.05) is 0 Å². The fraction of sp³-hybridized carbons (Fsp3) is 1.00. The minimum absolute atomic E-state index is 0.153. The average molecular weight is 224 g/mol. The van der Waals surface area contributed by atoms with Gasteiger partial charge in [-0.05, 0) is 33.2 Å². The second-order valence-electron chi connectivity index (χ2n) is 4.69. The maximum atomic E-state index is 11.8. The van der Waals surface area contributed by atoms with Gasteiger partial charge in [0.25, 0.3) is 0 Å². The molecule has 1 saturated heterocycles. The van der Waals surface area contributed by atoms with Crippen LogP contribution in [0.4, 0.5) is 13.2 Å². The highest BCUT2D eigenvalue weighted by Crippen LogP contribution is 2.27. The number of alkyl halides is 3. The Morgan fingerprint density at radius 1 is 1.33 bits per heavy atom. The quantitative estimate of drug-likeness (QED) is 0.735. The Morgan fingerprint density at radius 2 is 2.00 bits per heavy atom. The number of nitrogens with zero attached hydrogens (tertiary/aromatic N) is 1. The third-order valence-electron chi connectivity index (χ3n) is 2.96. The largest absolute Gasteiger partial charge is 0.401 e. The molecule has 5 heteroatoms. The van der Waals surface area contributed by atoms with Crippen LogP contribution in [0.15, 0.2) is 0 Å². The minimum atomic E-state index is -4.10. The van der Waals surface area contributed by atoms with E-state index < -0.39 is 12.7 Å². The molecule has 1 fully saturated rings. The first-order valence-electron chi connectivity index (χ1n) is 5.34. The van der Waals surface area contributed by atoms with Crippen LogP contribution in [0.3, 0.4) is 0 Å². The molecule has 0 aromatic heterocycles. The number of hydrogen-bond acceptors (Lipinski definition) is 2. The van der Waals surface area contributed by atoms with Crippen molar-refractivity contribution in [2.75, 3.05) is 26.2 Å². The summed E-state index contributed by atoms with van der Waals surface area (Å²) in [7, 11) is 0. The lowest BCUT2D eigenvalue weighted by Gasteiger charge is -2.31. The molecule has 1 aliphatic rings. The summed E-state index contributed by atoms with van der Waals surface area (Å²) in [5.74, 6) is 0. The zero-order valence-electron chi connectivity index (χ0n) is 9.32. The molecule has 90 valence electrons. The molecule has 1 N–H and O–H groups in total. The molecule has 1 rings (SSSR count). The highest BCUT2D eigenvalue weighted by Gasteiger charge is 2.31. The summed E-state index contributed by atoms with van der Waals surface area (Å²) in [4.78, 5) is 2.25. The molecule has 0 radical (unpaired) electrons. The van der Waals surface area contributed by atoms with Gasteiger partial charge in [0, 0.05) is 18.6 Å². The lowest BCUT2D eigenvalue weighted by Crippen LogP contribution is -2.43. The molecule has 15 heavy (non-hydrogen) atoms. The molecule has 2 nitrogen and oxygen atoms in total. The maximum absolute atomic E-state index is 11.8. The molecule has 0 unspecified atom stereocenters. The molecular weight excluding hydrogens is 205 g/mol. The van der Waals surface area contributed by atoms with Crippen molar-refractivity contribution in [2.45, 2.75) is 38.4 Å². The van der Waals surface area contributed by atoms with Crippen LogP contribution >= 0.6 is 0 Å². The molecule has 0 saturated carbocycles. The Hall–Kier alpha value is -0.290. The Balaban J connectivity index is 2.15. The van der Waals surface area contributed by atoms with E-state index in [1.54, 1.807) is 0 Å². The number of nitrogens with one attached hydrogen (secondary N) is 1. The molecule has 0 bridgehead atoms. The number of rotatable bonds is 4. The molecule has 0 amide bonds. The summed E-state index contributed by atoms with van der Waals surface area (Å²) >= 11 is 0. The van der Waals surface area contributed by atoms with Crippen LogP contribution < -0.4 is 5.32 Å². The Kier molecular flexibility index (Phi) is 4.00. The van der Waals surface area contributed by atoms with E-state index >= 15 is 0 Å². The standard InChI is InChI=1S/C10H19F3N2/c1-9(2)4-3-6-15(9)7-5-14-8-10(11,12)13/h14H,3-8H2,1-2H3. The van der Waals surface area contributed by atoms with E-state index in [4.69, 9.17) is 0 Å². The van der Waals surface area contributed by atoms with Gasteiger partial charge in [-0.3, -0.25) is 4.90 Å². The summed E-state index contributed by atoms with van der Waals surface area (Å²) in [5.41, 5.74) is 0.153. The second kappa shape index (κ2) is 4.70. The van der Waals surface area contributed by atoms with Crippen molar-refractivity contribution in [3.05, 3.63) is 0 Å². The number of likely N-dealkylation sites (tertiary alicyclic amines) is 1. The monoisotopic (exact) mass is 224 g/mol. The first kappa shape index (κ1) is 12.8. The number of hydrogen-bond donors (Lipinski definition) is 1. The summed E-state index contributed by atoms with van der Waals surface area (Å²) < 4.78 is 35.5. The fourth-order valence-corrected chi connectivity index (χ4v) is 2.02. The topological polar surface area (TPSA) is 15.3 Å². The van der Waals surface area contributed by atoms with E-state index in [1.165, 1.54) is 0 Å². The second-order valence-corrected chi connectivity index (χ2v) is 4.69. The van der Waals surface area contributed by atoms with E-state index in [2.05, 4.69) is 24.1 Å². The molecule has 0 aliphatic carbocycles. The van der Waals surface area contributed by atoms with Gasteiger partial charge < -0.3 is 5.32 Å². The van der Waals surface area contributed by atoms with Gasteiger partial charge in [0.15, 0.2) is 0 Å². The zero-order valence-corrected chi connectivity index (χ0v) is 9.32. The molecule has 0 atom stereocenters. The fourth-order valence-electron chi connectivity index (χ4n) is 2.02. The molecule has 1 aliphatic heterocycles. The van der Waals surface area contributed by atoms with Crippen LogP contribution in [0.2, 0.25) is 0 Å². The maximum Gasteiger partial charge on any atom is 0.401 e. The van der Waals surface area contributed by atoms with Crippen LogP contribution in [0.5, 0.6) is 0 Å². The molecule has 0 aromatic rings. The van der Waals surface area contributed by atoms with Gasteiger partial charge in [0.05, 0.1) is 6.54 Å². The minimum Gasteiger partial charge on any atom is -0.307 e. The van der Waals surface area contributed by atoms with Gasteiger partial charge in [0.2, 0.25) is 0 Å². The van der Waals surface area contributed by atoms with Crippen LogP contribution in [0, 0.1) is 0 Å². The summed E-state index contributed by atoms with van der Waals surface area (Å²) in [6.07, 6.45) is -1.82. The van der Waals surface area contributed by atoms with Crippen LogP contribution in [-0.2, 0) is 0 Å². The van der Waals surface area contributed by atoms with Gasteiger partial charge in [0.1, 0.15) is 0 Å². The van der Waals surface area contributed by atoms with Crippen LogP contribution in [0.1, 0.15) is 26.7 Å². The average Bonchev–Trinajstić information content (AvgIpc) is 2.37. The lowest BCUT2D eigenvalue weighted by atomic mass is 10.0. The van der Waals surface area contributed by atoms with Gasteiger partial charge in [-0.15, -0.1) is 0 Å². The van der Waals surface area contributed by atoms with Gasteiger partial charge in [-0.2, -0.15) is 13.2 Å². The predicted molar refractivity (Wildman–Crippen MR) is 53.8 cm³/mol. The summed E-state index contributed by atoms with van der Waals surface area (Å²) in [6, 6.07) is 0. The Labute approximate surface area is 88.8 Å². The third-order valence-corrected chi connectivity index (χ3v) is 2.96. The van der Waals surface area contributed by atoms with E-state index in [1.807, 2.05) is 0 Å².